The van der Waals surface area contributed by atoms with Gasteiger partial charge in [0.05, 0.1) is 18.7 Å². The van der Waals surface area contributed by atoms with Gasteiger partial charge < -0.3 is 29.0 Å². The number of carbonyl (C=O) groups is 1. The van der Waals surface area contributed by atoms with Crippen LogP contribution in [0.3, 0.4) is 0 Å². The molecule has 1 aliphatic carbocycles. The average Bonchev–Trinajstić information content (AvgIpc) is 3.53. The summed E-state index contributed by atoms with van der Waals surface area (Å²) in [5.74, 6) is -1.60. The maximum atomic E-state index is 16.3. The zero-order chi connectivity index (χ0) is 27.1. The lowest BCUT2D eigenvalue weighted by Crippen LogP contribution is -2.53. The van der Waals surface area contributed by atoms with Gasteiger partial charge in [-0.3, -0.25) is 9.59 Å². The van der Waals surface area contributed by atoms with E-state index < -0.39 is 17.0 Å². The molecule has 4 heterocycles. The number of ether oxygens (including phenoxy) is 3. The molecule has 1 amide bonds. The van der Waals surface area contributed by atoms with Crippen molar-refractivity contribution in [2.75, 3.05) is 27.2 Å². The fourth-order valence-corrected chi connectivity index (χ4v) is 6.52. The molecule has 0 unspecified atom stereocenters. The van der Waals surface area contributed by atoms with E-state index in [1.54, 1.807) is 18.7 Å². The van der Waals surface area contributed by atoms with Crippen LogP contribution in [-0.2, 0) is 16.7 Å². The van der Waals surface area contributed by atoms with Crippen molar-refractivity contribution in [1.29, 1.82) is 0 Å². The van der Waals surface area contributed by atoms with Gasteiger partial charge in [0.15, 0.2) is 11.6 Å². The molecule has 4 aliphatic rings. The van der Waals surface area contributed by atoms with Gasteiger partial charge in [-0.2, -0.15) is 0 Å². The van der Waals surface area contributed by atoms with Gasteiger partial charge in [0, 0.05) is 47.3 Å². The van der Waals surface area contributed by atoms with Crippen molar-refractivity contribution in [3.05, 3.63) is 55.7 Å². The van der Waals surface area contributed by atoms with Gasteiger partial charge in [-0.15, -0.1) is 0 Å². The third-order valence-corrected chi connectivity index (χ3v) is 8.99. The lowest BCUT2D eigenvalue weighted by Gasteiger charge is -2.38. The summed E-state index contributed by atoms with van der Waals surface area (Å²) < 4.78 is 35.0. The van der Waals surface area contributed by atoms with Crippen LogP contribution in [-0.4, -0.2) is 65.9 Å². The highest BCUT2D eigenvalue weighted by Gasteiger charge is 2.57. The van der Waals surface area contributed by atoms with Crippen LogP contribution in [0.2, 0.25) is 0 Å². The summed E-state index contributed by atoms with van der Waals surface area (Å²) in [6, 6.07) is 2.22. The molecule has 1 spiro atoms. The van der Waals surface area contributed by atoms with Crippen molar-refractivity contribution in [2.24, 2.45) is 0 Å². The summed E-state index contributed by atoms with van der Waals surface area (Å²) in [7, 11) is 4.06. The minimum Gasteiger partial charge on any atom is -0.446 e. The predicted molar refractivity (Wildman–Crippen MR) is 139 cm³/mol. The van der Waals surface area contributed by atoms with Gasteiger partial charge in [-0.25, -0.2) is 4.39 Å². The topological polar surface area (TPSA) is 84.1 Å². The van der Waals surface area contributed by atoms with Crippen molar-refractivity contribution >= 4 is 5.91 Å². The highest BCUT2D eigenvalue weighted by molar-refractivity contribution is 6.00. The number of likely N-dealkylation sites (N-methyl/N-ethyl adjacent to an activating group) is 1. The summed E-state index contributed by atoms with van der Waals surface area (Å²) in [4.78, 5) is 33.3. The van der Waals surface area contributed by atoms with E-state index in [9.17, 15) is 9.59 Å². The third-order valence-electron chi connectivity index (χ3n) is 8.99. The molecule has 9 heteroatoms. The predicted octanol–water partition coefficient (Wildman–Crippen LogP) is 3.72. The number of H-pyrrole nitrogens is 1. The minimum atomic E-state index is -1.18. The Bertz CT molecular complexity index is 1390. The van der Waals surface area contributed by atoms with E-state index in [0.717, 1.165) is 36.9 Å². The molecule has 1 N–H and O–H groups in total. The van der Waals surface area contributed by atoms with E-state index in [4.69, 9.17) is 14.2 Å². The number of rotatable bonds is 4. The smallest absolute Gasteiger partial charge is 0.275 e. The van der Waals surface area contributed by atoms with Crippen molar-refractivity contribution in [1.82, 2.24) is 14.8 Å². The van der Waals surface area contributed by atoms with Gasteiger partial charge in [0.2, 0.25) is 5.75 Å². The summed E-state index contributed by atoms with van der Waals surface area (Å²) in [6.45, 7) is 8.40. The number of aryl methyl sites for hydroxylation is 2. The summed E-state index contributed by atoms with van der Waals surface area (Å²) >= 11 is 0. The number of amides is 1. The Labute approximate surface area is 222 Å². The van der Waals surface area contributed by atoms with Crippen LogP contribution in [0.25, 0.3) is 0 Å². The number of aromatic amines is 1. The molecule has 6 rings (SSSR count). The van der Waals surface area contributed by atoms with Crippen molar-refractivity contribution in [3.63, 3.8) is 0 Å². The molecule has 1 saturated heterocycles. The molecular formula is C29H36FN3O5. The van der Waals surface area contributed by atoms with Crippen molar-refractivity contribution in [3.8, 4) is 11.5 Å². The Kier molecular flexibility index (Phi) is 5.71. The lowest BCUT2D eigenvalue weighted by atomic mass is 9.83. The Morgan fingerprint density at radius 1 is 1.13 bits per heavy atom. The molecule has 2 fully saturated rings. The molecular weight excluding hydrogens is 489 g/mol. The first kappa shape index (κ1) is 25.4. The van der Waals surface area contributed by atoms with Crippen LogP contribution in [0.15, 0.2) is 10.9 Å². The minimum absolute atomic E-state index is 0.0837. The van der Waals surface area contributed by atoms with E-state index in [1.807, 2.05) is 34.0 Å². The first-order chi connectivity index (χ1) is 17.9. The van der Waals surface area contributed by atoms with Crippen LogP contribution in [0.4, 0.5) is 4.39 Å². The number of fused-ring (bicyclic) bond motifs is 3. The highest BCUT2D eigenvalue weighted by atomic mass is 19.1. The van der Waals surface area contributed by atoms with Gasteiger partial charge in [0.25, 0.3) is 17.3 Å². The van der Waals surface area contributed by atoms with E-state index in [0.29, 0.717) is 41.4 Å². The number of benzene rings is 1. The quantitative estimate of drug-likeness (QED) is 0.655. The summed E-state index contributed by atoms with van der Waals surface area (Å²) in [5, 5.41) is 0. The van der Waals surface area contributed by atoms with Crippen LogP contribution >= 0.6 is 0 Å². The Hall–Kier alpha value is -2.91. The molecule has 8 nitrogen and oxygen atoms in total. The number of carbonyl (C=O) groups excluding carboxylic acids is 1. The zero-order valence-electron chi connectivity index (χ0n) is 23.0. The third kappa shape index (κ3) is 3.77. The number of nitrogens with zero attached hydrogens (tertiary/aromatic N) is 2. The Balaban J connectivity index is 1.35. The number of hydrogen-bond acceptors (Lipinski definition) is 6. The van der Waals surface area contributed by atoms with E-state index in [2.05, 4.69) is 9.88 Å². The Morgan fingerprint density at radius 2 is 1.84 bits per heavy atom. The highest BCUT2D eigenvalue weighted by Crippen LogP contribution is 2.59. The molecule has 0 bridgehead atoms. The second-order valence-corrected chi connectivity index (χ2v) is 12.0. The number of nitrogens with one attached hydrogen (secondary N) is 1. The summed E-state index contributed by atoms with van der Waals surface area (Å²) in [5.41, 5.74) is 2.87. The monoisotopic (exact) mass is 525 g/mol. The van der Waals surface area contributed by atoms with Gasteiger partial charge in [-0.1, -0.05) is 0 Å². The van der Waals surface area contributed by atoms with Gasteiger partial charge >= 0.3 is 0 Å². The fraction of sp³-hybridized carbons (Fsp3) is 0.586. The molecule has 0 radical (unpaired) electrons. The second-order valence-electron chi connectivity index (χ2n) is 12.0. The average molecular weight is 526 g/mol. The molecule has 3 atom stereocenters. The number of hydrogen-bond donors (Lipinski definition) is 1. The first-order valence-corrected chi connectivity index (χ1v) is 13.5. The zero-order valence-corrected chi connectivity index (χ0v) is 23.0. The van der Waals surface area contributed by atoms with Gasteiger partial charge in [-0.05, 0) is 72.2 Å². The largest absolute Gasteiger partial charge is 0.446 e. The maximum Gasteiger partial charge on any atom is 0.275 e. The molecule has 2 aromatic rings. The Morgan fingerprint density at radius 3 is 2.45 bits per heavy atom. The normalized spacial score (nSPS) is 27.3. The number of halogens is 1. The van der Waals surface area contributed by atoms with E-state index in [-0.39, 0.29) is 35.6 Å². The van der Waals surface area contributed by atoms with E-state index in [1.165, 1.54) is 0 Å². The molecule has 3 aliphatic heterocycles. The number of aromatic nitrogens is 1. The van der Waals surface area contributed by atoms with Crippen molar-refractivity contribution < 1.29 is 23.4 Å². The van der Waals surface area contributed by atoms with Crippen LogP contribution in [0.1, 0.15) is 70.9 Å². The first-order valence-electron chi connectivity index (χ1n) is 13.5. The molecule has 1 aromatic carbocycles. The van der Waals surface area contributed by atoms with Crippen LogP contribution < -0.4 is 15.0 Å². The van der Waals surface area contributed by atoms with Crippen molar-refractivity contribution in [2.45, 2.75) is 83.3 Å². The maximum absolute atomic E-state index is 16.3. The van der Waals surface area contributed by atoms with Crippen LogP contribution in [0.5, 0.6) is 11.5 Å². The van der Waals surface area contributed by atoms with E-state index >= 15 is 4.39 Å². The summed E-state index contributed by atoms with van der Waals surface area (Å²) in [6.07, 6.45) is 2.83. The van der Waals surface area contributed by atoms with Gasteiger partial charge in [0.1, 0.15) is 6.10 Å². The molecule has 1 aromatic heterocycles. The molecule has 204 valence electrons. The molecule has 1 saturated carbocycles. The SMILES string of the molecule is Cc1cc(C)c(CN2CC3(CC3)c3c(F)c4c(c(C)c3C2=O)O[C@](C)([C@@H]2CC[C@@H](N(C)C)CO2)O4)c(=O)[nH]1. The second kappa shape index (κ2) is 8.55. The number of pyridine rings is 1. The van der Waals surface area contributed by atoms with Crippen LogP contribution in [0, 0.1) is 26.6 Å². The standard InChI is InChI=1S/C29H36FN3O5/c1-15-11-16(2)31-26(34)19(15)12-33-14-29(9-10-29)22-21(27(33)35)17(3)24-25(23(22)30)38-28(4,37-24)20-8-7-18(13-36-20)32(5)6/h11,18,20H,7-10,12-14H2,1-6H3,(H,31,34)/t18-,20+,28+/m1/s1. The fourth-order valence-electron chi connectivity index (χ4n) is 6.52. The lowest BCUT2D eigenvalue weighted by molar-refractivity contribution is -0.191. The molecule has 38 heavy (non-hydrogen) atoms.